The lowest BCUT2D eigenvalue weighted by Crippen LogP contribution is -2.24. The quantitative estimate of drug-likeness (QED) is 0.679. The molecule has 4 rings (SSSR count). The summed E-state index contributed by atoms with van der Waals surface area (Å²) in [6, 6.07) is 10.4. The number of benzene rings is 1. The van der Waals surface area contributed by atoms with E-state index in [-0.39, 0.29) is 6.04 Å². The molecule has 0 radical (unpaired) electrons. The maximum Gasteiger partial charge on any atom is 0.189 e. The van der Waals surface area contributed by atoms with E-state index in [1.165, 1.54) is 16.9 Å². The van der Waals surface area contributed by atoms with Crippen molar-refractivity contribution in [2.24, 2.45) is 0 Å². The van der Waals surface area contributed by atoms with Crippen LogP contribution in [-0.4, -0.2) is 21.5 Å². The summed E-state index contributed by atoms with van der Waals surface area (Å²) in [7, 11) is 0. The Morgan fingerprint density at radius 3 is 2.81 bits per heavy atom. The van der Waals surface area contributed by atoms with Gasteiger partial charge >= 0.3 is 0 Å². The monoisotopic (exact) mass is 396 g/mol. The van der Waals surface area contributed by atoms with Gasteiger partial charge in [-0.1, -0.05) is 35.1 Å². The van der Waals surface area contributed by atoms with Crippen LogP contribution in [0.4, 0.5) is 16.8 Å². The summed E-state index contributed by atoms with van der Waals surface area (Å²) in [4.78, 5) is 16.4. The molecule has 0 spiro atoms. The van der Waals surface area contributed by atoms with E-state index < -0.39 is 0 Å². The molecule has 2 aromatic heterocycles. The summed E-state index contributed by atoms with van der Waals surface area (Å²) >= 11 is 7.33. The van der Waals surface area contributed by atoms with Gasteiger partial charge in [-0.2, -0.15) is 5.26 Å². The lowest BCUT2D eigenvalue weighted by molar-refractivity contribution is 0.710. The summed E-state index contributed by atoms with van der Waals surface area (Å²) in [5.41, 5.74) is 2.02. The predicted molar refractivity (Wildman–Crippen MR) is 108 cm³/mol. The molecule has 136 valence electrons. The van der Waals surface area contributed by atoms with Crippen LogP contribution in [0.15, 0.2) is 36.7 Å². The lowest BCUT2D eigenvalue weighted by atomic mass is 10.0. The van der Waals surface area contributed by atoms with Crippen LogP contribution in [0.2, 0.25) is 5.02 Å². The van der Waals surface area contributed by atoms with Crippen LogP contribution < -0.4 is 10.2 Å². The van der Waals surface area contributed by atoms with Crippen LogP contribution in [0.3, 0.4) is 0 Å². The van der Waals surface area contributed by atoms with Crippen LogP contribution in [0.5, 0.6) is 0 Å². The van der Waals surface area contributed by atoms with Crippen molar-refractivity contribution in [3.8, 4) is 6.07 Å². The minimum absolute atomic E-state index is 0.261. The third kappa shape index (κ3) is 3.72. The average molecular weight is 397 g/mol. The summed E-state index contributed by atoms with van der Waals surface area (Å²) in [5, 5.41) is 13.5. The number of hydrogen-bond donors (Lipinski definition) is 1. The zero-order valence-corrected chi connectivity index (χ0v) is 16.3. The van der Waals surface area contributed by atoms with Gasteiger partial charge in [-0.15, -0.1) is 0 Å². The van der Waals surface area contributed by atoms with Gasteiger partial charge in [0, 0.05) is 11.6 Å². The fourth-order valence-corrected chi connectivity index (χ4v) is 3.99. The molecule has 1 saturated heterocycles. The van der Waals surface area contributed by atoms with Crippen molar-refractivity contribution < 1.29 is 0 Å². The number of rotatable bonds is 4. The lowest BCUT2D eigenvalue weighted by Gasteiger charge is -2.26. The minimum Gasteiger partial charge on any atom is -0.348 e. The summed E-state index contributed by atoms with van der Waals surface area (Å²) < 4.78 is 0. The third-order valence-electron chi connectivity index (χ3n) is 4.59. The first-order valence-electron chi connectivity index (χ1n) is 8.63. The molecule has 0 saturated carbocycles. The van der Waals surface area contributed by atoms with Crippen LogP contribution in [0, 0.1) is 18.3 Å². The molecule has 1 unspecified atom stereocenters. The van der Waals surface area contributed by atoms with Crippen molar-refractivity contribution in [1.82, 2.24) is 15.0 Å². The van der Waals surface area contributed by atoms with Crippen LogP contribution in [0.1, 0.15) is 35.0 Å². The summed E-state index contributed by atoms with van der Waals surface area (Å²) in [6.07, 6.45) is 5.54. The molecule has 1 aliphatic heterocycles. The molecule has 6 nitrogen and oxygen atoms in total. The Bertz CT molecular complexity index is 994. The second kappa shape index (κ2) is 7.51. The number of aromatic nitrogens is 3. The maximum absolute atomic E-state index is 8.96. The molecule has 0 bridgehead atoms. The highest BCUT2D eigenvalue weighted by Crippen LogP contribution is 2.36. The topological polar surface area (TPSA) is 77.7 Å². The van der Waals surface area contributed by atoms with Gasteiger partial charge in [-0.3, -0.25) is 4.98 Å². The second-order valence-electron chi connectivity index (χ2n) is 6.33. The van der Waals surface area contributed by atoms with Crippen LogP contribution in [0.25, 0.3) is 0 Å². The number of halogens is 1. The first-order chi connectivity index (χ1) is 13.1. The molecular weight excluding hydrogens is 380 g/mol. The van der Waals surface area contributed by atoms with Gasteiger partial charge in [0.05, 0.1) is 24.1 Å². The van der Waals surface area contributed by atoms with E-state index >= 15 is 0 Å². The molecule has 1 fully saturated rings. The Morgan fingerprint density at radius 1 is 1.26 bits per heavy atom. The molecule has 1 aliphatic rings. The fourth-order valence-electron chi connectivity index (χ4n) is 3.25. The SMILES string of the molecule is Cc1ncc(N2CCCC2c2ccc(Cl)cc2)nc1Nc1ncc(C#N)s1. The summed E-state index contributed by atoms with van der Waals surface area (Å²) in [5.74, 6) is 1.49. The van der Waals surface area contributed by atoms with Gasteiger partial charge in [-0.05, 0) is 37.5 Å². The molecule has 0 aliphatic carbocycles. The molecule has 27 heavy (non-hydrogen) atoms. The number of thiazole rings is 1. The van der Waals surface area contributed by atoms with Crippen LogP contribution >= 0.6 is 22.9 Å². The molecule has 3 aromatic rings. The molecule has 8 heteroatoms. The largest absolute Gasteiger partial charge is 0.348 e. The number of nitrogens with one attached hydrogen (secondary N) is 1. The number of hydrogen-bond acceptors (Lipinski definition) is 7. The first-order valence-corrected chi connectivity index (χ1v) is 9.82. The third-order valence-corrected chi connectivity index (χ3v) is 5.66. The Kier molecular flexibility index (Phi) is 4.92. The summed E-state index contributed by atoms with van der Waals surface area (Å²) in [6.45, 7) is 2.83. The molecule has 1 N–H and O–H groups in total. The van der Waals surface area contributed by atoms with E-state index in [0.717, 1.165) is 35.9 Å². The van der Waals surface area contributed by atoms with Gasteiger partial charge in [0.25, 0.3) is 0 Å². The van der Waals surface area contributed by atoms with E-state index in [4.69, 9.17) is 21.8 Å². The molecule has 1 aromatic carbocycles. The smallest absolute Gasteiger partial charge is 0.189 e. The first kappa shape index (κ1) is 17.7. The van der Waals surface area contributed by atoms with Crippen molar-refractivity contribution in [2.45, 2.75) is 25.8 Å². The fraction of sp³-hybridized carbons (Fsp3) is 0.263. The Labute approximate surface area is 166 Å². The zero-order valence-electron chi connectivity index (χ0n) is 14.7. The Balaban J connectivity index is 1.61. The minimum atomic E-state index is 0.261. The van der Waals surface area contributed by atoms with E-state index in [1.54, 1.807) is 6.20 Å². The van der Waals surface area contributed by atoms with E-state index in [0.29, 0.717) is 15.8 Å². The van der Waals surface area contributed by atoms with Crippen molar-refractivity contribution >= 4 is 39.7 Å². The highest BCUT2D eigenvalue weighted by atomic mass is 35.5. The highest BCUT2D eigenvalue weighted by Gasteiger charge is 2.27. The molecule has 3 heterocycles. The molecule has 0 amide bonds. The number of nitriles is 1. The van der Waals surface area contributed by atoms with Gasteiger partial charge in [0.15, 0.2) is 10.9 Å². The van der Waals surface area contributed by atoms with Crippen molar-refractivity contribution in [1.29, 1.82) is 5.26 Å². The molecular formula is C19H17ClN6S. The Morgan fingerprint density at radius 2 is 2.07 bits per heavy atom. The van der Waals surface area contributed by atoms with Crippen molar-refractivity contribution in [3.05, 3.63) is 57.8 Å². The highest BCUT2D eigenvalue weighted by molar-refractivity contribution is 7.16. The van der Waals surface area contributed by atoms with E-state index in [1.807, 2.05) is 25.3 Å². The van der Waals surface area contributed by atoms with Crippen LogP contribution in [-0.2, 0) is 0 Å². The molecule has 1 atom stereocenters. The van der Waals surface area contributed by atoms with E-state index in [2.05, 4.69) is 38.4 Å². The van der Waals surface area contributed by atoms with Crippen molar-refractivity contribution in [2.75, 3.05) is 16.8 Å². The number of aryl methyl sites for hydroxylation is 1. The number of nitrogens with zero attached hydrogens (tertiary/aromatic N) is 5. The Hall–Kier alpha value is -2.69. The van der Waals surface area contributed by atoms with Gasteiger partial charge < -0.3 is 10.2 Å². The van der Waals surface area contributed by atoms with E-state index in [9.17, 15) is 0 Å². The standard InChI is InChI=1S/C19H17ClN6S/c1-12-18(25-19-23-10-15(9-21)27-19)24-17(11-22-12)26-8-2-3-16(26)13-4-6-14(20)7-5-13/h4-7,10-11,16H,2-3,8H2,1H3,(H,23,24,25). The maximum atomic E-state index is 8.96. The normalized spacial score (nSPS) is 16.3. The number of anilines is 3. The zero-order chi connectivity index (χ0) is 18.8. The predicted octanol–water partition coefficient (Wildman–Crippen LogP) is 4.85. The average Bonchev–Trinajstić information content (AvgIpc) is 3.33. The second-order valence-corrected chi connectivity index (χ2v) is 7.80. The van der Waals surface area contributed by atoms with Crippen molar-refractivity contribution in [3.63, 3.8) is 0 Å². The van der Waals surface area contributed by atoms with Gasteiger partial charge in [0.2, 0.25) is 0 Å². The van der Waals surface area contributed by atoms with Gasteiger partial charge in [-0.25, -0.2) is 9.97 Å². The van der Waals surface area contributed by atoms with Gasteiger partial charge in [0.1, 0.15) is 16.8 Å².